The van der Waals surface area contributed by atoms with E-state index in [4.69, 9.17) is 4.74 Å². The molecule has 1 heterocycles. The highest BCUT2D eigenvalue weighted by Gasteiger charge is 2.38. The Labute approximate surface area is 123 Å². The lowest BCUT2D eigenvalue weighted by molar-refractivity contribution is -0.385. The van der Waals surface area contributed by atoms with Gasteiger partial charge in [0.15, 0.2) is 5.75 Å². The molecule has 1 saturated heterocycles. The molecule has 2 aliphatic rings. The van der Waals surface area contributed by atoms with Gasteiger partial charge in [0.05, 0.1) is 18.1 Å². The van der Waals surface area contributed by atoms with Gasteiger partial charge >= 0.3 is 5.69 Å². The Kier molecular flexibility index (Phi) is 3.71. The molecule has 6 nitrogen and oxygen atoms in total. The number of anilines is 1. The number of nitrogens with zero attached hydrogens (tertiary/aromatic N) is 2. The second-order valence-electron chi connectivity index (χ2n) is 5.96. The number of nitro groups is 1. The van der Waals surface area contributed by atoms with Crippen molar-refractivity contribution < 1.29 is 14.8 Å². The lowest BCUT2D eigenvalue weighted by Gasteiger charge is -2.46. The number of piperidine rings is 1. The lowest BCUT2D eigenvalue weighted by Crippen LogP contribution is -2.51. The van der Waals surface area contributed by atoms with E-state index in [-0.39, 0.29) is 17.5 Å². The van der Waals surface area contributed by atoms with Crippen LogP contribution in [0.2, 0.25) is 0 Å². The summed E-state index contributed by atoms with van der Waals surface area (Å²) in [5, 5.41) is 21.2. The third-order valence-corrected chi connectivity index (χ3v) is 4.75. The van der Waals surface area contributed by atoms with Crippen LogP contribution in [0, 0.1) is 22.0 Å². The van der Waals surface area contributed by atoms with E-state index in [9.17, 15) is 15.2 Å². The van der Waals surface area contributed by atoms with Crippen LogP contribution in [0.15, 0.2) is 18.2 Å². The molecule has 3 rings (SSSR count). The van der Waals surface area contributed by atoms with Gasteiger partial charge in [-0.2, -0.15) is 0 Å². The summed E-state index contributed by atoms with van der Waals surface area (Å²) in [5.74, 6) is 0.895. The predicted molar refractivity (Wildman–Crippen MR) is 78.7 cm³/mol. The van der Waals surface area contributed by atoms with E-state index >= 15 is 0 Å². The van der Waals surface area contributed by atoms with Gasteiger partial charge in [-0.25, -0.2) is 0 Å². The van der Waals surface area contributed by atoms with Gasteiger partial charge in [-0.3, -0.25) is 10.1 Å². The molecule has 114 valence electrons. The SMILES string of the molecule is COc1cc(N2C[C@H]3CCC[C@@H](C2)C3O)ccc1[N+](=O)[O-]. The summed E-state index contributed by atoms with van der Waals surface area (Å²) in [6.07, 6.45) is 3.09. The van der Waals surface area contributed by atoms with Crippen LogP contribution >= 0.6 is 0 Å². The molecule has 1 aliphatic carbocycles. The monoisotopic (exact) mass is 292 g/mol. The molecule has 6 heteroatoms. The maximum absolute atomic E-state index is 10.9. The molecule has 1 aromatic rings. The van der Waals surface area contributed by atoms with E-state index in [1.54, 1.807) is 12.1 Å². The number of hydrogen-bond donors (Lipinski definition) is 1. The highest BCUT2D eigenvalue weighted by atomic mass is 16.6. The number of aliphatic hydroxyl groups is 1. The zero-order valence-electron chi connectivity index (χ0n) is 12.1. The maximum atomic E-state index is 10.9. The first-order chi connectivity index (χ1) is 10.1. The molecule has 0 spiro atoms. The second kappa shape index (κ2) is 5.52. The van der Waals surface area contributed by atoms with Crippen LogP contribution in [0.1, 0.15) is 19.3 Å². The number of fused-ring (bicyclic) bond motifs is 2. The quantitative estimate of drug-likeness (QED) is 0.682. The number of hydrogen-bond acceptors (Lipinski definition) is 5. The van der Waals surface area contributed by atoms with Crippen LogP contribution in [0.3, 0.4) is 0 Å². The minimum Gasteiger partial charge on any atom is -0.490 e. The zero-order chi connectivity index (χ0) is 15.0. The Hall–Kier alpha value is -1.82. The third kappa shape index (κ3) is 2.55. The maximum Gasteiger partial charge on any atom is 0.311 e. The lowest BCUT2D eigenvalue weighted by atomic mass is 9.75. The number of rotatable bonds is 3. The van der Waals surface area contributed by atoms with Gasteiger partial charge in [-0.05, 0) is 18.9 Å². The van der Waals surface area contributed by atoms with Gasteiger partial charge in [0, 0.05) is 42.7 Å². The first-order valence-corrected chi connectivity index (χ1v) is 7.35. The summed E-state index contributed by atoms with van der Waals surface area (Å²) in [7, 11) is 1.45. The van der Waals surface area contributed by atoms with Gasteiger partial charge in [0.2, 0.25) is 0 Å². The average molecular weight is 292 g/mol. The van der Waals surface area contributed by atoms with Gasteiger partial charge in [0.25, 0.3) is 0 Å². The molecule has 1 aromatic carbocycles. The molecular weight excluding hydrogens is 272 g/mol. The van der Waals surface area contributed by atoms with E-state index in [2.05, 4.69) is 4.90 Å². The van der Waals surface area contributed by atoms with Crippen LogP contribution in [0.5, 0.6) is 5.75 Å². The standard InChI is InChI=1S/C15H20N2O4/c1-21-14-7-12(5-6-13(14)17(19)20)16-8-10-3-2-4-11(9-16)15(10)18/h5-7,10-11,15,18H,2-4,8-9H2,1H3/t10-,11+,15?. The summed E-state index contributed by atoms with van der Waals surface area (Å²) >= 11 is 0. The van der Waals surface area contributed by atoms with Crippen molar-refractivity contribution in [3.05, 3.63) is 28.3 Å². The van der Waals surface area contributed by atoms with Crippen molar-refractivity contribution in [2.45, 2.75) is 25.4 Å². The fourth-order valence-electron chi connectivity index (χ4n) is 3.63. The van der Waals surface area contributed by atoms with Crippen LogP contribution in [0.4, 0.5) is 11.4 Å². The topological polar surface area (TPSA) is 75.8 Å². The van der Waals surface area contributed by atoms with Crippen molar-refractivity contribution in [1.29, 1.82) is 0 Å². The number of benzene rings is 1. The molecule has 0 radical (unpaired) electrons. The van der Waals surface area contributed by atoms with E-state index in [0.717, 1.165) is 31.6 Å². The third-order valence-electron chi connectivity index (χ3n) is 4.75. The van der Waals surface area contributed by atoms with Crippen molar-refractivity contribution in [2.24, 2.45) is 11.8 Å². The average Bonchev–Trinajstić information content (AvgIpc) is 2.46. The minimum absolute atomic E-state index is 0.0153. The fourth-order valence-corrected chi connectivity index (χ4v) is 3.63. The number of methoxy groups -OCH3 is 1. The van der Waals surface area contributed by atoms with Crippen molar-refractivity contribution in [3.8, 4) is 5.75 Å². The first-order valence-electron chi connectivity index (χ1n) is 7.35. The molecule has 1 unspecified atom stereocenters. The highest BCUT2D eigenvalue weighted by Crippen LogP contribution is 2.38. The fraction of sp³-hybridized carbons (Fsp3) is 0.600. The van der Waals surface area contributed by atoms with Crippen LogP contribution < -0.4 is 9.64 Å². The van der Waals surface area contributed by atoms with Crippen molar-refractivity contribution in [2.75, 3.05) is 25.1 Å². The molecule has 1 N–H and O–H groups in total. The van der Waals surface area contributed by atoms with E-state index in [1.807, 2.05) is 0 Å². The Balaban J connectivity index is 1.86. The van der Waals surface area contributed by atoms with Gasteiger partial charge < -0.3 is 14.7 Å². The molecule has 3 atom stereocenters. The van der Waals surface area contributed by atoms with E-state index in [0.29, 0.717) is 11.8 Å². The first kappa shape index (κ1) is 14.1. The largest absolute Gasteiger partial charge is 0.490 e. The molecule has 0 aromatic heterocycles. The molecule has 0 amide bonds. The second-order valence-corrected chi connectivity index (χ2v) is 5.96. The Morgan fingerprint density at radius 3 is 2.57 bits per heavy atom. The van der Waals surface area contributed by atoms with Gasteiger partial charge in [-0.15, -0.1) is 0 Å². The molecule has 21 heavy (non-hydrogen) atoms. The van der Waals surface area contributed by atoms with Crippen molar-refractivity contribution >= 4 is 11.4 Å². The number of ether oxygens (including phenoxy) is 1. The molecule has 2 bridgehead atoms. The summed E-state index contributed by atoms with van der Waals surface area (Å²) in [5.41, 5.74) is 0.916. The Bertz CT molecular complexity index is 534. The zero-order valence-corrected chi connectivity index (χ0v) is 12.1. The van der Waals surface area contributed by atoms with Crippen LogP contribution in [-0.4, -0.2) is 36.3 Å². The molecular formula is C15H20N2O4. The summed E-state index contributed by atoms with van der Waals surface area (Å²) in [6.45, 7) is 1.61. The van der Waals surface area contributed by atoms with Crippen molar-refractivity contribution in [1.82, 2.24) is 0 Å². The van der Waals surface area contributed by atoms with Crippen LogP contribution in [0.25, 0.3) is 0 Å². The van der Waals surface area contributed by atoms with E-state index in [1.165, 1.54) is 19.6 Å². The number of nitro benzene ring substituents is 1. The molecule has 2 fully saturated rings. The van der Waals surface area contributed by atoms with E-state index < -0.39 is 4.92 Å². The molecule has 1 aliphatic heterocycles. The number of aliphatic hydroxyl groups excluding tert-OH is 1. The van der Waals surface area contributed by atoms with Crippen molar-refractivity contribution in [3.63, 3.8) is 0 Å². The Morgan fingerprint density at radius 1 is 1.33 bits per heavy atom. The normalized spacial score (nSPS) is 28.3. The smallest absolute Gasteiger partial charge is 0.311 e. The minimum atomic E-state index is -0.433. The summed E-state index contributed by atoms with van der Waals surface area (Å²) in [4.78, 5) is 12.7. The van der Waals surface area contributed by atoms with Gasteiger partial charge in [0.1, 0.15) is 0 Å². The summed E-state index contributed by atoms with van der Waals surface area (Å²) < 4.78 is 5.14. The van der Waals surface area contributed by atoms with Gasteiger partial charge in [-0.1, -0.05) is 6.42 Å². The molecule has 1 saturated carbocycles. The van der Waals surface area contributed by atoms with Crippen LogP contribution in [-0.2, 0) is 0 Å². The predicted octanol–water partition coefficient (Wildman–Crippen LogP) is 2.20. The summed E-state index contributed by atoms with van der Waals surface area (Å²) in [6, 6.07) is 4.99. The Morgan fingerprint density at radius 2 is 2.00 bits per heavy atom. The highest BCUT2D eigenvalue weighted by molar-refractivity contribution is 5.59.